The molecule has 0 bridgehead atoms. The Morgan fingerprint density at radius 3 is 2.14 bits per heavy atom. The van der Waals surface area contributed by atoms with E-state index in [0.717, 1.165) is 31.0 Å². The number of nitrogens with one attached hydrogen (secondary N) is 1. The van der Waals surface area contributed by atoms with Crippen LogP contribution in [0.25, 0.3) is 0 Å². The van der Waals surface area contributed by atoms with Gasteiger partial charge in [-0.25, -0.2) is 0 Å². The Morgan fingerprint density at radius 1 is 1.10 bits per heavy atom. The maximum Gasteiger partial charge on any atom is 0.391 e. The second-order valence-corrected chi connectivity index (χ2v) is 7.11. The zero-order valence-electron chi connectivity index (χ0n) is 12.1. The number of amides is 1. The molecule has 2 rings (SSSR count). The van der Waals surface area contributed by atoms with Crippen LogP contribution in [0.4, 0.5) is 13.2 Å². The minimum Gasteiger partial charge on any atom is -0.350 e. The van der Waals surface area contributed by atoms with Crippen molar-refractivity contribution in [1.82, 2.24) is 5.32 Å². The largest absolute Gasteiger partial charge is 0.391 e. The highest BCUT2D eigenvalue weighted by Crippen LogP contribution is 2.40. The van der Waals surface area contributed by atoms with Gasteiger partial charge in [0.1, 0.15) is 0 Å². The lowest BCUT2D eigenvalue weighted by atomic mass is 9.79. The van der Waals surface area contributed by atoms with Crippen molar-refractivity contribution in [1.29, 1.82) is 0 Å². The van der Waals surface area contributed by atoms with Crippen LogP contribution in [-0.4, -0.2) is 23.0 Å². The molecule has 0 aromatic carbocycles. The Labute approximate surface area is 132 Å². The topological polar surface area (TPSA) is 29.1 Å². The van der Waals surface area contributed by atoms with Crippen molar-refractivity contribution in [2.45, 2.75) is 69.5 Å². The van der Waals surface area contributed by atoms with Crippen molar-refractivity contribution in [2.24, 2.45) is 11.8 Å². The van der Waals surface area contributed by atoms with Gasteiger partial charge in [0.2, 0.25) is 5.91 Å². The first-order valence-corrected chi connectivity index (χ1v) is 8.93. The summed E-state index contributed by atoms with van der Waals surface area (Å²) in [6, 6.07) is 0. The maximum atomic E-state index is 12.7. The molecule has 21 heavy (non-hydrogen) atoms. The highest BCUT2D eigenvalue weighted by atomic mass is 79.9. The van der Waals surface area contributed by atoms with E-state index in [9.17, 15) is 18.0 Å². The van der Waals surface area contributed by atoms with Crippen molar-refractivity contribution in [3.05, 3.63) is 0 Å². The molecule has 0 saturated heterocycles. The molecule has 122 valence electrons. The zero-order chi connectivity index (χ0) is 15.5. The third-order valence-electron chi connectivity index (χ3n) is 5.02. The predicted octanol–water partition coefficient (Wildman–Crippen LogP) is 4.57. The molecule has 0 unspecified atom stereocenters. The fraction of sp³-hybridized carbons (Fsp3) is 0.933. The number of hydrogen-bond donors (Lipinski definition) is 1. The number of alkyl halides is 4. The van der Waals surface area contributed by atoms with Gasteiger partial charge < -0.3 is 5.32 Å². The standard InChI is InChI=1S/C15H23BrF3NO/c16-10-14(8-2-1-3-9-14)20-13(21)11-4-6-12(7-5-11)15(17,18)19/h11-12H,1-10H2,(H,20,21). The summed E-state index contributed by atoms with van der Waals surface area (Å²) in [5.41, 5.74) is -0.184. The smallest absolute Gasteiger partial charge is 0.350 e. The highest BCUT2D eigenvalue weighted by Gasteiger charge is 2.43. The molecule has 0 atom stereocenters. The van der Waals surface area contributed by atoms with Crippen LogP contribution < -0.4 is 5.32 Å². The van der Waals surface area contributed by atoms with E-state index < -0.39 is 12.1 Å². The molecule has 0 heterocycles. The molecule has 2 aliphatic carbocycles. The van der Waals surface area contributed by atoms with E-state index in [-0.39, 0.29) is 30.2 Å². The minimum atomic E-state index is -4.11. The van der Waals surface area contributed by atoms with Crippen LogP contribution in [0, 0.1) is 11.8 Å². The van der Waals surface area contributed by atoms with Crippen LogP contribution in [0.3, 0.4) is 0 Å². The van der Waals surface area contributed by atoms with Gasteiger partial charge in [0, 0.05) is 16.8 Å². The van der Waals surface area contributed by atoms with Gasteiger partial charge in [-0.1, -0.05) is 35.2 Å². The maximum absolute atomic E-state index is 12.7. The van der Waals surface area contributed by atoms with E-state index in [1.165, 1.54) is 6.42 Å². The van der Waals surface area contributed by atoms with E-state index in [1.54, 1.807) is 0 Å². The van der Waals surface area contributed by atoms with Crippen LogP contribution in [0.5, 0.6) is 0 Å². The summed E-state index contributed by atoms with van der Waals surface area (Å²) in [6.45, 7) is 0. The van der Waals surface area contributed by atoms with Crippen LogP contribution in [-0.2, 0) is 4.79 Å². The van der Waals surface area contributed by atoms with E-state index >= 15 is 0 Å². The molecular weight excluding hydrogens is 347 g/mol. The number of hydrogen-bond acceptors (Lipinski definition) is 1. The molecule has 2 nitrogen and oxygen atoms in total. The lowest BCUT2D eigenvalue weighted by Crippen LogP contribution is -2.53. The Morgan fingerprint density at radius 2 is 1.67 bits per heavy atom. The molecule has 0 aliphatic heterocycles. The lowest BCUT2D eigenvalue weighted by Gasteiger charge is -2.38. The van der Waals surface area contributed by atoms with Crippen molar-refractivity contribution in [3.8, 4) is 0 Å². The van der Waals surface area contributed by atoms with E-state index in [1.807, 2.05) is 0 Å². The van der Waals surface area contributed by atoms with E-state index in [0.29, 0.717) is 12.8 Å². The molecule has 1 amide bonds. The Hall–Kier alpha value is -0.260. The fourth-order valence-corrected chi connectivity index (χ4v) is 4.27. The van der Waals surface area contributed by atoms with Gasteiger partial charge in [0.05, 0.1) is 5.92 Å². The summed E-state index contributed by atoms with van der Waals surface area (Å²) in [6.07, 6.45) is 2.10. The summed E-state index contributed by atoms with van der Waals surface area (Å²) in [5.74, 6) is -1.51. The monoisotopic (exact) mass is 369 g/mol. The second-order valence-electron chi connectivity index (χ2n) is 6.55. The van der Waals surface area contributed by atoms with Crippen LogP contribution >= 0.6 is 15.9 Å². The quantitative estimate of drug-likeness (QED) is 0.725. The first-order valence-electron chi connectivity index (χ1n) is 7.81. The lowest BCUT2D eigenvalue weighted by molar-refractivity contribution is -0.184. The van der Waals surface area contributed by atoms with Crippen molar-refractivity contribution in [3.63, 3.8) is 0 Å². The number of halogens is 4. The Bertz CT molecular complexity index is 358. The Balaban J connectivity index is 1.87. The summed E-state index contributed by atoms with van der Waals surface area (Å²) < 4.78 is 38.0. The normalized spacial score (nSPS) is 29.9. The molecule has 2 fully saturated rings. The molecule has 1 N–H and O–H groups in total. The van der Waals surface area contributed by atoms with Gasteiger partial charge in [0.15, 0.2) is 0 Å². The average molecular weight is 370 g/mol. The average Bonchev–Trinajstić information content (AvgIpc) is 2.47. The van der Waals surface area contributed by atoms with Crippen LogP contribution in [0.2, 0.25) is 0 Å². The number of carbonyl (C=O) groups is 1. The minimum absolute atomic E-state index is 0.0445. The van der Waals surface area contributed by atoms with Crippen molar-refractivity contribution >= 4 is 21.8 Å². The number of rotatable bonds is 3. The number of carbonyl (C=O) groups excluding carboxylic acids is 1. The summed E-state index contributed by atoms with van der Waals surface area (Å²) in [7, 11) is 0. The fourth-order valence-electron chi connectivity index (χ4n) is 3.57. The third kappa shape index (κ3) is 4.36. The van der Waals surface area contributed by atoms with Gasteiger partial charge in [-0.15, -0.1) is 0 Å². The van der Waals surface area contributed by atoms with Gasteiger partial charge in [-0.05, 0) is 38.5 Å². The molecular formula is C15H23BrF3NO. The first-order chi connectivity index (χ1) is 9.86. The first kappa shape index (κ1) is 17.1. The molecule has 0 spiro atoms. The summed E-state index contributed by atoms with van der Waals surface area (Å²) in [4.78, 5) is 12.4. The highest BCUT2D eigenvalue weighted by molar-refractivity contribution is 9.09. The van der Waals surface area contributed by atoms with Crippen LogP contribution in [0.1, 0.15) is 57.8 Å². The Kier molecular flexibility index (Phi) is 5.60. The van der Waals surface area contributed by atoms with Gasteiger partial charge in [0.25, 0.3) is 0 Å². The van der Waals surface area contributed by atoms with E-state index in [4.69, 9.17) is 0 Å². The van der Waals surface area contributed by atoms with Gasteiger partial charge in [-0.3, -0.25) is 4.79 Å². The molecule has 6 heteroatoms. The predicted molar refractivity (Wildman–Crippen MR) is 79.3 cm³/mol. The second kappa shape index (κ2) is 6.88. The molecule has 2 saturated carbocycles. The van der Waals surface area contributed by atoms with Gasteiger partial charge in [-0.2, -0.15) is 13.2 Å². The molecule has 0 aromatic heterocycles. The van der Waals surface area contributed by atoms with Crippen molar-refractivity contribution in [2.75, 3.05) is 5.33 Å². The van der Waals surface area contributed by atoms with Crippen LogP contribution in [0.15, 0.2) is 0 Å². The summed E-state index contributed by atoms with van der Waals surface area (Å²) in [5, 5.41) is 3.86. The van der Waals surface area contributed by atoms with E-state index in [2.05, 4.69) is 21.2 Å². The molecule has 0 radical (unpaired) electrons. The summed E-state index contributed by atoms with van der Waals surface area (Å²) >= 11 is 3.49. The third-order valence-corrected chi connectivity index (χ3v) is 6.09. The molecule has 0 aromatic rings. The van der Waals surface area contributed by atoms with Gasteiger partial charge >= 0.3 is 6.18 Å². The van der Waals surface area contributed by atoms with Crippen molar-refractivity contribution < 1.29 is 18.0 Å². The SMILES string of the molecule is O=C(NC1(CBr)CCCCC1)C1CCC(C(F)(F)F)CC1. The zero-order valence-corrected chi connectivity index (χ0v) is 13.7. The molecule has 2 aliphatic rings.